The first-order valence-electron chi connectivity index (χ1n) is 8.82. The van der Waals surface area contributed by atoms with E-state index < -0.39 is 5.97 Å². The molecule has 2 aromatic rings. The Labute approximate surface area is 152 Å². The second kappa shape index (κ2) is 7.32. The second-order valence-corrected chi connectivity index (χ2v) is 6.58. The molecule has 0 atom stereocenters. The summed E-state index contributed by atoms with van der Waals surface area (Å²) in [6, 6.07) is 6.59. The Bertz CT molecular complexity index is 840. The first-order chi connectivity index (χ1) is 12.5. The Morgan fingerprint density at radius 2 is 2.00 bits per heavy atom. The average Bonchev–Trinajstić information content (AvgIpc) is 3.42. The molecule has 0 aliphatic heterocycles. The molecule has 1 aliphatic carbocycles. The number of carbonyl (C=O) groups excluding carboxylic acids is 2. The van der Waals surface area contributed by atoms with Crippen LogP contribution in [0.2, 0.25) is 0 Å². The van der Waals surface area contributed by atoms with Gasteiger partial charge in [0.1, 0.15) is 11.5 Å². The number of H-pyrrole nitrogens is 1. The lowest BCUT2D eigenvalue weighted by Gasteiger charge is -2.22. The molecule has 3 rings (SSSR count). The van der Waals surface area contributed by atoms with Gasteiger partial charge >= 0.3 is 5.97 Å². The van der Waals surface area contributed by atoms with Crippen molar-refractivity contribution in [3.8, 4) is 0 Å². The van der Waals surface area contributed by atoms with Crippen LogP contribution in [0.5, 0.6) is 0 Å². The van der Waals surface area contributed by atoms with E-state index in [1.807, 2.05) is 6.92 Å². The summed E-state index contributed by atoms with van der Waals surface area (Å²) in [6.07, 6.45) is 2.39. The molecule has 0 spiro atoms. The molecule has 0 bridgehead atoms. The molecule has 5 nitrogen and oxygen atoms in total. The van der Waals surface area contributed by atoms with Gasteiger partial charge in [0.25, 0.3) is 5.91 Å². The fourth-order valence-electron chi connectivity index (χ4n) is 3.22. The SMILES string of the molecule is CCc1[nH]c(C(=O)N(Cc2ccccc2F)C2CC2)c(C)c1C(=O)OC. The van der Waals surface area contributed by atoms with Gasteiger partial charge in [-0.05, 0) is 37.8 Å². The summed E-state index contributed by atoms with van der Waals surface area (Å²) in [4.78, 5) is 30.0. The summed E-state index contributed by atoms with van der Waals surface area (Å²) in [5.74, 6) is -0.988. The number of nitrogens with zero attached hydrogens (tertiary/aromatic N) is 1. The fraction of sp³-hybridized carbons (Fsp3) is 0.400. The number of methoxy groups -OCH3 is 1. The van der Waals surface area contributed by atoms with Crippen molar-refractivity contribution in [2.75, 3.05) is 7.11 Å². The second-order valence-electron chi connectivity index (χ2n) is 6.58. The Morgan fingerprint density at radius 3 is 2.58 bits per heavy atom. The van der Waals surface area contributed by atoms with Crippen LogP contribution < -0.4 is 0 Å². The first kappa shape index (κ1) is 18.2. The zero-order valence-electron chi connectivity index (χ0n) is 15.3. The Morgan fingerprint density at radius 1 is 1.31 bits per heavy atom. The van der Waals surface area contributed by atoms with E-state index in [-0.39, 0.29) is 24.3 Å². The van der Waals surface area contributed by atoms with Crippen molar-refractivity contribution >= 4 is 11.9 Å². The summed E-state index contributed by atoms with van der Waals surface area (Å²) < 4.78 is 18.9. The van der Waals surface area contributed by atoms with E-state index in [1.54, 1.807) is 30.0 Å². The maximum absolute atomic E-state index is 14.0. The van der Waals surface area contributed by atoms with Crippen LogP contribution in [0, 0.1) is 12.7 Å². The summed E-state index contributed by atoms with van der Waals surface area (Å²) in [5, 5.41) is 0. The first-order valence-corrected chi connectivity index (χ1v) is 8.82. The third-order valence-corrected chi connectivity index (χ3v) is 4.83. The molecule has 1 N–H and O–H groups in total. The molecule has 1 amide bonds. The summed E-state index contributed by atoms with van der Waals surface area (Å²) in [6.45, 7) is 3.86. The third-order valence-electron chi connectivity index (χ3n) is 4.83. The van der Waals surface area contributed by atoms with E-state index in [9.17, 15) is 14.0 Å². The van der Waals surface area contributed by atoms with Crippen LogP contribution >= 0.6 is 0 Å². The normalized spacial score (nSPS) is 13.5. The molecule has 26 heavy (non-hydrogen) atoms. The van der Waals surface area contributed by atoms with E-state index in [0.717, 1.165) is 12.8 Å². The number of benzene rings is 1. The number of amides is 1. The van der Waals surface area contributed by atoms with Crippen LogP contribution in [0.1, 0.15) is 57.4 Å². The van der Waals surface area contributed by atoms with Gasteiger partial charge < -0.3 is 14.6 Å². The Kier molecular flexibility index (Phi) is 5.11. The number of hydrogen-bond acceptors (Lipinski definition) is 3. The molecule has 0 unspecified atom stereocenters. The molecular weight excluding hydrogens is 335 g/mol. The number of hydrogen-bond donors (Lipinski definition) is 1. The molecule has 1 aromatic heterocycles. The minimum absolute atomic E-state index is 0.108. The van der Waals surface area contributed by atoms with Gasteiger partial charge in [-0.1, -0.05) is 25.1 Å². The minimum atomic E-state index is -0.457. The van der Waals surface area contributed by atoms with Crippen molar-refractivity contribution in [2.24, 2.45) is 0 Å². The average molecular weight is 358 g/mol. The van der Waals surface area contributed by atoms with Gasteiger partial charge in [0.15, 0.2) is 0 Å². The van der Waals surface area contributed by atoms with E-state index in [1.165, 1.54) is 13.2 Å². The molecule has 0 saturated heterocycles. The van der Waals surface area contributed by atoms with E-state index >= 15 is 0 Å². The van der Waals surface area contributed by atoms with Crippen molar-refractivity contribution in [2.45, 2.75) is 45.7 Å². The predicted octanol–water partition coefficient (Wildman–Crippen LogP) is 3.62. The highest BCUT2D eigenvalue weighted by molar-refractivity contribution is 6.00. The molecule has 138 valence electrons. The van der Waals surface area contributed by atoms with Gasteiger partial charge in [0, 0.05) is 23.8 Å². The highest BCUT2D eigenvalue weighted by Crippen LogP contribution is 2.31. The molecule has 1 aromatic carbocycles. The molecule has 1 fully saturated rings. The van der Waals surface area contributed by atoms with Crippen molar-refractivity contribution in [1.82, 2.24) is 9.88 Å². The van der Waals surface area contributed by atoms with Gasteiger partial charge in [0.05, 0.1) is 12.7 Å². The largest absolute Gasteiger partial charge is 0.465 e. The van der Waals surface area contributed by atoms with Crippen molar-refractivity contribution in [3.63, 3.8) is 0 Å². The number of aromatic amines is 1. The van der Waals surface area contributed by atoms with Crippen LogP contribution in [0.15, 0.2) is 24.3 Å². The lowest BCUT2D eigenvalue weighted by atomic mass is 10.1. The standard InChI is InChI=1S/C20H23FN2O3/c1-4-16-17(20(25)26-3)12(2)18(22-16)19(24)23(14-9-10-14)11-13-7-5-6-8-15(13)21/h5-8,14,22H,4,9-11H2,1-3H3. The highest BCUT2D eigenvalue weighted by Gasteiger charge is 2.36. The van der Waals surface area contributed by atoms with Gasteiger partial charge in [-0.25, -0.2) is 9.18 Å². The maximum Gasteiger partial charge on any atom is 0.339 e. The minimum Gasteiger partial charge on any atom is -0.465 e. The number of rotatable bonds is 6. The number of halogens is 1. The van der Waals surface area contributed by atoms with Gasteiger partial charge in [-0.15, -0.1) is 0 Å². The molecule has 0 radical (unpaired) electrons. The topological polar surface area (TPSA) is 62.4 Å². The van der Waals surface area contributed by atoms with Crippen LogP contribution in [0.3, 0.4) is 0 Å². The third kappa shape index (κ3) is 3.36. The number of aromatic nitrogens is 1. The molecule has 6 heteroatoms. The number of esters is 1. The van der Waals surface area contributed by atoms with Crippen LogP contribution in [0.25, 0.3) is 0 Å². The monoisotopic (exact) mass is 358 g/mol. The molecule has 1 aliphatic rings. The van der Waals surface area contributed by atoms with Crippen LogP contribution in [0.4, 0.5) is 4.39 Å². The van der Waals surface area contributed by atoms with E-state index in [4.69, 9.17) is 4.74 Å². The van der Waals surface area contributed by atoms with Crippen LogP contribution in [-0.4, -0.2) is 34.9 Å². The van der Waals surface area contributed by atoms with E-state index in [2.05, 4.69) is 4.98 Å². The predicted molar refractivity (Wildman–Crippen MR) is 95.5 cm³/mol. The molecule has 1 heterocycles. The fourth-order valence-corrected chi connectivity index (χ4v) is 3.22. The van der Waals surface area contributed by atoms with Crippen molar-refractivity contribution in [3.05, 3.63) is 58.2 Å². The van der Waals surface area contributed by atoms with Crippen molar-refractivity contribution in [1.29, 1.82) is 0 Å². The number of ether oxygens (including phenoxy) is 1. The number of aryl methyl sites for hydroxylation is 1. The lowest BCUT2D eigenvalue weighted by molar-refractivity contribution is 0.0599. The van der Waals surface area contributed by atoms with Gasteiger partial charge in [0.2, 0.25) is 0 Å². The summed E-state index contributed by atoms with van der Waals surface area (Å²) in [7, 11) is 1.32. The lowest BCUT2D eigenvalue weighted by Crippen LogP contribution is -2.33. The maximum atomic E-state index is 14.0. The number of nitrogens with one attached hydrogen (secondary N) is 1. The van der Waals surface area contributed by atoms with Crippen LogP contribution in [-0.2, 0) is 17.7 Å². The smallest absolute Gasteiger partial charge is 0.339 e. The number of carbonyl (C=O) groups is 2. The summed E-state index contributed by atoms with van der Waals surface area (Å²) in [5.41, 5.74) is 2.54. The molecule has 1 saturated carbocycles. The molecular formula is C20H23FN2O3. The van der Waals surface area contributed by atoms with Crippen molar-refractivity contribution < 1.29 is 18.7 Å². The zero-order valence-corrected chi connectivity index (χ0v) is 15.3. The Balaban J connectivity index is 1.94. The zero-order chi connectivity index (χ0) is 18.8. The van der Waals surface area contributed by atoms with Gasteiger partial charge in [-0.3, -0.25) is 4.79 Å². The quantitative estimate of drug-likeness (QED) is 0.803. The summed E-state index contributed by atoms with van der Waals surface area (Å²) >= 11 is 0. The van der Waals surface area contributed by atoms with Gasteiger partial charge in [-0.2, -0.15) is 0 Å². The van der Waals surface area contributed by atoms with E-state index in [0.29, 0.717) is 34.5 Å². The highest BCUT2D eigenvalue weighted by atomic mass is 19.1. The Hall–Kier alpha value is -2.63.